The number of halogens is 1. The molecule has 72 valence electrons. The summed E-state index contributed by atoms with van der Waals surface area (Å²) in [5.41, 5.74) is 0. The maximum atomic E-state index is 11.1. The Morgan fingerprint density at radius 2 is 2.38 bits per heavy atom. The van der Waals surface area contributed by atoms with Crippen LogP contribution in [0.5, 0.6) is 0 Å². The number of rotatable bonds is 1. The van der Waals surface area contributed by atoms with Gasteiger partial charge in [-0.25, -0.2) is 0 Å². The normalized spacial score (nSPS) is 22.5. The second kappa shape index (κ2) is 4.42. The maximum Gasteiger partial charge on any atom is 0.135 e. The van der Waals surface area contributed by atoms with E-state index in [2.05, 4.69) is 5.10 Å². The molecule has 0 aliphatic heterocycles. The molecule has 1 heterocycles. The van der Waals surface area contributed by atoms with E-state index in [0.29, 0.717) is 18.2 Å². The first-order chi connectivity index (χ1) is 5.86. The van der Waals surface area contributed by atoms with E-state index in [1.165, 1.54) is 0 Å². The highest BCUT2D eigenvalue weighted by atomic mass is 35.5. The number of carbonyl (C=O) groups is 1. The predicted molar refractivity (Wildman–Crippen MR) is 52.0 cm³/mol. The quantitative estimate of drug-likeness (QED) is 0.695. The van der Waals surface area contributed by atoms with Crippen LogP contribution in [0.3, 0.4) is 0 Å². The fourth-order valence-corrected chi connectivity index (χ4v) is 1.72. The average molecular weight is 201 g/mol. The molecule has 1 atom stereocenters. The van der Waals surface area contributed by atoms with Crippen LogP contribution >= 0.6 is 12.4 Å². The molecule has 1 aromatic heterocycles. The summed E-state index contributed by atoms with van der Waals surface area (Å²) in [4.78, 5) is 11.1. The Morgan fingerprint density at radius 1 is 1.54 bits per heavy atom. The molecule has 1 fully saturated rings. The van der Waals surface area contributed by atoms with Gasteiger partial charge in [0.25, 0.3) is 0 Å². The Hall–Kier alpha value is -0.830. The van der Waals surface area contributed by atoms with Crippen LogP contribution in [0.15, 0.2) is 18.5 Å². The zero-order valence-corrected chi connectivity index (χ0v) is 8.17. The molecule has 3 nitrogen and oxygen atoms in total. The summed E-state index contributed by atoms with van der Waals surface area (Å²) < 4.78 is 1.90. The lowest BCUT2D eigenvalue weighted by Gasteiger charge is -2.20. The van der Waals surface area contributed by atoms with Gasteiger partial charge in [0.1, 0.15) is 5.78 Å². The van der Waals surface area contributed by atoms with Gasteiger partial charge in [-0.3, -0.25) is 9.48 Å². The van der Waals surface area contributed by atoms with Gasteiger partial charge >= 0.3 is 0 Å². The minimum atomic E-state index is 0. The summed E-state index contributed by atoms with van der Waals surface area (Å²) in [5, 5.41) is 4.14. The van der Waals surface area contributed by atoms with Crippen LogP contribution < -0.4 is 0 Å². The Kier molecular flexibility index (Phi) is 3.48. The molecule has 0 bridgehead atoms. The van der Waals surface area contributed by atoms with Crippen LogP contribution in [-0.2, 0) is 4.79 Å². The van der Waals surface area contributed by atoms with Crippen LogP contribution in [0.4, 0.5) is 0 Å². The predicted octanol–water partition coefficient (Wildman–Crippen LogP) is 1.99. The molecule has 1 aliphatic rings. The Balaban J connectivity index is 0.000000845. The largest absolute Gasteiger partial charge is 0.300 e. The third-order valence-corrected chi connectivity index (χ3v) is 2.36. The van der Waals surface area contributed by atoms with Crippen LogP contribution in [0.2, 0.25) is 0 Å². The Morgan fingerprint density at radius 3 is 3.00 bits per heavy atom. The maximum absolute atomic E-state index is 11.1. The zero-order valence-electron chi connectivity index (χ0n) is 7.35. The topological polar surface area (TPSA) is 34.9 Å². The molecule has 0 aromatic carbocycles. The number of nitrogens with zero attached hydrogens (tertiary/aromatic N) is 2. The number of aromatic nitrogens is 2. The van der Waals surface area contributed by atoms with Crippen molar-refractivity contribution in [1.82, 2.24) is 9.78 Å². The van der Waals surface area contributed by atoms with Crippen molar-refractivity contribution >= 4 is 18.2 Å². The highest BCUT2D eigenvalue weighted by molar-refractivity contribution is 5.85. The highest BCUT2D eigenvalue weighted by Crippen LogP contribution is 2.24. The van der Waals surface area contributed by atoms with Crippen LogP contribution in [0.25, 0.3) is 0 Å². The first kappa shape index (κ1) is 10.3. The van der Waals surface area contributed by atoms with Gasteiger partial charge < -0.3 is 0 Å². The summed E-state index contributed by atoms with van der Waals surface area (Å²) in [7, 11) is 0. The summed E-state index contributed by atoms with van der Waals surface area (Å²) >= 11 is 0. The molecular formula is C9H13ClN2O. The zero-order chi connectivity index (χ0) is 8.39. The molecule has 2 rings (SSSR count). The van der Waals surface area contributed by atoms with Gasteiger partial charge in [0.2, 0.25) is 0 Å². The minimum absolute atomic E-state index is 0. The Labute approximate surface area is 83.5 Å². The molecule has 0 radical (unpaired) electrons. The van der Waals surface area contributed by atoms with Gasteiger partial charge in [0, 0.05) is 25.2 Å². The number of ketones is 1. The van der Waals surface area contributed by atoms with Gasteiger partial charge in [-0.05, 0) is 18.9 Å². The van der Waals surface area contributed by atoms with Crippen molar-refractivity contribution in [3.63, 3.8) is 0 Å². The first-order valence-corrected chi connectivity index (χ1v) is 4.37. The van der Waals surface area contributed by atoms with Gasteiger partial charge in [-0.15, -0.1) is 12.4 Å². The third kappa shape index (κ3) is 2.31. The summed E-state index contributed by atoms with van der Waals surface area (Å²) in [6.45, 7) is 0. The summed E-state index contributed by atoms with van der Waals surface area (Å²) in [6.07, 6.45) is 7.23. The number of Topliss-reactive ketones (excluding diaryl/α,β-unsaturated/α-hetero) is 1. The van der Waals surface area contributed by atoms with Crippen LogP contribution in [0.1, 0.15) is 31.7 Å². The standard InChI is InChI=1S/C9H12N2O.ClH/c12-9-4-1-3-8(7-9)11-6-2-5-10-11;/h2,5-6,8H,1,3-4,7H2;1H. The molecule has 1 saturated carbocycles. The van der Waals surface area contributed by atoms with E-state index in [4.69, 9.17) is 0 Å². The van der Waals surface area contributed by atoms with E-state index in [1.54, 1.807) is 6.20 Å². The van der Waals surface area contributed by atoms with Crippen molar-refractivity contribution in [2.45, 2.75) is 31.7 Å². The van der Waals surface area contributed by atoms with Crippen molar-refractivity contribution in [3.8, 4) is 0 Å². The number of carbonyl (C=O) groups excluding carboxylic acids is 1. The van der Waals surface area contributed by atoms with Crippen molar-refractivity contribution < 1.29 is 4.79 Å². The molecule has 4 heteroatoms. The minimum Gasteiger partial charge on any atom is -0.300 e. The van der Waals surface area contributed by atoms with Crippen LogP contribution in [0, 0.1) is 0 Å². The van der Waals surface area contributed by atoms with Crippen molar-refractivity contribution in [2.75, 3.05) is 0 Å². The van der Waals surface area contributed by atoms with Gasteiger partial charge in [0.15, 0.2) is 0 Å². The molecule has 13 heavy (non-hydrogen) atoms. The second-order valence-electron chi connectivity index (χ2n) is 3.27. The fourth-order valence-electron chi connectivity index (χ4n) is 1.72. The summed E-state index contributed by atoms with van der Waals surface area (Å²) in [6, 6.07) is 2.22. The lowest BCUT2D eigenvalue weighted by molar-refractivity contribution is -0.121. The van der Waals surface area contributed by atoms with Gasteiger partial charge in [0.05, 0.1) is 6.04 Å². The second-order valence-corrected chi connectivity index (χ2v) is 3.27. The highest BCUT2D eigenvalue weighted by Gasteiger charge is 2.20. The number of hydrogen-bond acceptors (Lipinski definition) is 2. The molecular weight excluding hydrogens is 188 g/mol. The van der Waals surface area contributed by atoms with E-state index < -0.39 is 0 Å². The summed E-state index contributed by atoms with van der Waals surface area (Å²) in [5.74, 6) is 0.377. The Bertz CT molecular complexity index is 271. The smallest absolute Gasteiger partial charge is 0.135 e. The monoisotopic (exact) mass is 200 g/mol. The van der Waals surface area contributed by atoms with Crippen molar-refractivity contribution in [1.29, 1.82) is 0 Å². The lowest BCUT2D eigenvalue weighted by atomic mass is 9.94. The van der Waals surface area contributed by atoms with Gasteiger partial charge in [-0.2, -0.15) is 5.10 Å². The van der Waals surface area contributed by atoms with E-state index >= 15 is 0 Å². The fraction of sp³-hybridized carbons (Fsp3) is 0.556. The van der Waals surface area contributed by atoms with Crippen molar-refractivity contribution in [2.24, 2.45) is 0 Å². The first-order valence-electron chi connectivity index (χ1n) is 4.37. The van der Waals surface area contributed by atoms with E-state index in [-0.39, 0.29) is 12.4 Å². The molecule has 1 aromatic rings. The molecule has 0 spiro atoms. The number of hydrogen-bond donors (Lipinski definition) is 0. The lowest BCUT2D eigenvalue weighted by Crippen LogP contribution is -2.19. The van der Waals surface area contributed by atoms with E-state index in [0.717, 1.165) is 19.3 Å². The third-order valence-electron chi connectivity index (χ3n) is 2.36. The SMILES string of the molecule is Cl.O=C1CCCC(n2cccn2)C1. The molecule has 1 aliphatic carbocycles. The van der Waals surface area contributed by atoms with E-state index in [1.807, 2.05) is 16.9 Å². The molecule has 0 amide bonds. The van der Waals surface area contributed by atoms with E-state index in [9.17, 15) is 4.79 Å². The van der Waals surface area contributed by atoms with Gasteiger partial charge in [-0.1, -0.05) is 0 Å². The average Bonchev–Trinajstić information content (AvgIpc) is 2.56. The molecule has 1 unspecified atom stereocenters. The van der Waals surface area contributed by atoms with Crippen LogP contribution in [-0.4, -0.2) is 15.6 Å². The van der Waals surface area contributed by atoms with Crippen molar-refractivity contribution in [3.05, 3.63) is 18.5 Å². The molecule has 0 saturated heterocycles. The molecule has 0 N–H and O–H groups in total.